The molecule has 0 bridgehead atoms. The summed E-state index contributed by atoms with van der Waals surface area (Å²) in [4.78, 5) is 26.1. The number of carbonyl (C=O) groups is 1. The molecule has 1 aliphatic carbocycles. The zero-order chi connectivity index (χ0) is 23.9. The zero-order valence-electron chi connectivity index (χ0n) is 18.4. The summed E-state index contributed by atoms with van der Waals surface area (Å²) in [5, 5.41) is 3.94. The van der Waals surface area contributed by atoms with Crippen molar-refractivity contribution in [1.82, 2.24) is 9.97 Å². The van der Waals surface area contributed by atoms with Gasteiger partial charge in [0.1, 0.15) is 16.2 Å². The molecule has 1 atom stereocenters. The molecule has 0 spiro atoms. The van der Waals surface area contributed by atoms with Gasteiger partial charge in [-0.3, -0.25) is 4.79 Å². The van der Waals surface area contributed by atoms with Crippen molar-refractivity contribution in [1.29, 1.82) is 0 Å². The van der Waals surface area contributed by atoms with E-state index in [9.17, 15) is 18.0 Å². The van der Waals surface area contributed by atoms with Crippen LogP contribution < -0.4 is 10.2 Å². The van der Waals surface area contributed by atoms with Crippen LogP contribution in [0.3, 0.4) is 0 Å². The quantitative estimate of drug-likeness (QED) is 0.380. The molecule has 34 heavy (non-hydrogen) atoms. The van der Waals surface area contributed by atoms with Crippen molar-refractivity contribution in [3.05, 3.63) is 40.5 Å². The monoisotopic (exact) mass is 508 g/mol. The topological polar surface area (TPSA) is 67.4 Å². The molecule has 5 rings (SSSR count). The average Bonchev–Trinajstić information content (AvgIpc) is 3.40. The number of thioether (sulfide) groups is 1. The number of fused-ring (bicyclic) bond motifs is 3. The molecule has 3 aromatic rings. The van der Waals surface area contributed by atoms with Crippen LogP contribution >= 0.6 is 23.1 Å². The molecule has 1 amide bonds. The summed E-state index contributed by atoms with van der Waals surface area (Å²) in [6, 6.07) is 3.48. The third-order valence-electron chi connectivity index (χ3n) is 6.06. The first-order valence-corrected chi connectivity index (χ1v) is 12.8. The number of amides is 1. The van der Waals surface area contributed by atoms with Crippen LogP contribution in [0.25, 0.3) is 10.2 Å². The van der Waals surface area contributed by atoms with E-state index < -0.39 is 17.0 Å². The van der Waals surface area contributed by atoms with Gasteiger partial charge in [0.25, 0.3) is 0 Å². The molecule has 2 aromatic heterocycles. The fourth-order valence-electron chi connectivity index (χ4n) is 4.34. The Balaban J connectivity index is 1.40. The number of aromatic nitrogens is 2. The number of hydrogen-bond donors (Lipinski definition) is 1. The Morgan fingerprint density at radius 1 is 1.24 bits per heavy atom. The van der Waals surface area contributed by atoms with E-state index in [0.717, 1.165) is 46.6 Å². The van der Waals surface area contributed by atoms with Crippen LogP contribution in [-0.4, -0.2) is 47.4 Å². The van der Waals surface area contributed by atoms with Gasteiger partial charge in [-0.2, -0.15) is 13.2 Å². The molecule has 2 aliphatic rings. The van der Waals surface area contributed by atoms with E-state index in [-0.39, 0.29) is 11.6 Å². The molecule has 1 aliphatic heterocycles. The van der Waals surface area contributed by atoms with Crippen LogP contribution in [0.15, 0.2) is 29.6 Å². The Labute approximate surface area is 202 Å². The van der Waals surface area contributed by atoms with Crippen LogP contribution in [0.2, 0.25) is 0 Å². The number of nitrogens with zero attached hydrogens (tertiary/aromatic N) is 3. The summed E-state index contributed by atoms with van der Waals surface area (Å²) in [7, 11) is 0. The second-order valence-electron chi connectivity index (χ2n) is 8.29. The number of benzene rings is 1. The standard InChI is InChI=1S/C23H23F3N4O2S2/c1-13(33-21-19-15-3-2-4-18(15)34-22(19)28-12-27-21)20(31)29-16-11-14(23(24,25)26)5-6-17(16)30-7-9-32-10-8-30/h5-6,11-13H,2-4,7-10H2,1H3,(H,29,31). The van der Waals surface area contributed by atoms with E-state index in [1.54, 1.807) is 18.3 Å². The highest BCUT2D eigenvalue weighted by Gasteiger charge is 2.32. The number of morpholine rings is 1. The van der Waals surface area contributed by atoms with E-state index in [1.165, 1.54) is 34.6 Å². The summed E-state index contributed by atoms with van der Waals surface area (Å²) >= 11 is 2.98. The highest BCUT2D eigenvalue weighted by atomic mass is 32.2. The lowest BCUT2D eigenvalue weighted by molar-refractivity contribution is -0.137. The molecular weight excluding hydrogens is 485 g/mol. The van der Waals surface area contributed by atoms with E-state index >= 15 is 0 Å². The van der Waals surface area contributed by atoms with Crippen molar-refractivity contribution in [3.63, 3.8) is 0 Å². The minimum Gasteiger partial charge on any atom is -0.378 e. The Kier molecular flexibility index (Phi) is 6.43. The van der Waals surface area contributed by atoms with Gasteiger partial charge in [0.15, 0.2) is 0 Å². The lowest BCUT2D eigenvalue weighted by Crippen LogP contribution is -2.37. The van der Waals surface area contributed by atoms with E-state index in [1.807, 2.05) is 4.90 Å². The average molecular weight is 509 g/mol. The van der Waals surface area contributed by atoms with Crippen LogP contribution in [0.1, 0.15) is 29.3 Å². The number of anilines is 2. The van der Waals surface area contributed by atoms with Crippen molar-refractivity contribution >= 4 is 50.6 Å². The zero-order valence-corrected chi connectivity index (χ0v) is 20.1. The highest BCUT2D eigenvalue weighted by molar-refractivity contribution is 8.00. The lowest BCUT2D eigenvalue weighted by atomic mass is 10.1. The second kappa shape index (κ2) is 9.35. The molecule has 0 saturated carbocycles. The number of nitrogens with one attached hydrogen (secondary N) is 1. The predicted molar refractivity (Wildman–Crippen MR) is 128 cm³/mol. The van der Waals surface area contributed by atoms with E-state index in [0.29, 0.717) is 32.0 Å². The summed E-state index contributed by atoms with van der Waals surface area (Å²) < 4.78 is 45.5. The highest BCUT2D eigenvalue weighted by Crippen LogP contribution is 2.41. The van der Waals surface area contributed by atoms with Gasteiger partial charge in [0.05, 0.1) is 35.4 Å². The predicted octanol–water partition coefficient (Wildman–Crippen LogP) is 5.15. The van der Waals surface area contributed by atoms with Gasteiger partial charge in [-0.1, -0.05) is 11.8 Å². The van der Waals surface area contributed by atoms with E-state index in [4.69, 9.17) is 4.74 Å². The smallest absolute Gasteiger partial charge is 0.378 e. The number of aryl methyl sites for hydroxylation is 2. The Morgan fingerprint density at radius 2 is 2.03 bits per heavy atom. The number of alkyl halides is 3. The first-order valence-electron chi connectivity index (χ1n) is 11.1. The van der Waals surface area contributed by atoms with Gasteiger partial charge in [0.2, 0.25) is 5.91 Å². The van der Waals surface area contributed by atoms with Crippen molar-refractivity contribution in [2.75, 3.05) is 36.5 Å². The molecule has 3 heterocycles. The number of rotatable bonds is 5. The maximum atomic E-state index is 13.4. The minimum atomic E-state index is -4.50. The van der Waals surface area contributed by atoms with Gasteiger partial charge in [-0.15, -0.1) is 11.3 Å². The Hall–Kier alpha value is -2.37. The van der Waals surface area contributed by atoms with Gasteiger partial charge < -0.3 is 15.0 Å². The fourth-order valence-corrected chi connectivity index (χ4v) is 6.58. The molecular formula is C23H23F3N4O2S2. The van der Waals surface area contributed by atoms with Crippen LogP contribution in [0, 0.1) is 0 Å². The third-order valence-corrected chi connectivity index (χ3v) is 8.36. The molecule has 1 aromatic carbocycles. The number of thiophene rings is 1. The van der Waals surface area contributed by atoms with Crippen LogP contribution in [0.4, 0.5) is 24.5 Å². The maximum absolute atomic E-state index is 13.4. The summed E-state index contributed by atoms with van der Waals surface area (Å²) in [6.07, 6.45) is 0.117. The SMILES string of the molecule is CC(Sc1ncnc2sc3c(c12)CCC3)C(=O)Nc1cc(C(F)(F)F)ccc1N1CCOCC1. The molecule has 180 valence electrons. The normalized spacial score (nSPS) is 17.1. The number of ether oxygens (including phenoxy) is 1. The Bertz CT molecular complexity index is 1220. The first kappa shape index (κ1) is 23.4. The maximum Gasteiger partial charge on any atom is 0.416 e. The van der Waals surface area contributed by atoms with Gasteiger partial charge in [0, 0.05) is 23.4 Å². The van der Waals surface area contributed by atoms with Gasteiger partial charge in [-0.25, -0.2) is 9.97 Å². The third kappa shape index (κ3) is 4.60. The summed E-state index contributed by atoms with van der Waals surface area (Å²) in [5.41, 5.74) is 1.18. The lowest BCUT2D eigenvalue weighted by Gasteiger charge is -2.31. The van der Waals surface area contributed by atoms with Crippen molar-refractivity contribution < 1.29 is 22.7 Å². The summed E-state index contributed by atoms with van der Waals surface area (Å²) in [6.45, 7) is 3.79. The van der Waals surface area contributed by atoms with Crippen molar-refractivity contribution in [3.8, 4) is 0 Å². The first-order chi connectivity index (χ1) is 16.3. The van der Waals surface area contributed by atoms with Crippen molar-refractivity contribution in [2.45, 2.75) is 42.6 Å². The van der Waals surface area contributed by atoms with Gasteiger partial charge >= 0.3 is 6.18 Å². The fraction of sp³-hybridized carbons (Fsp3) is 0.435. The van der Waals surface area contributed by atoms with Crippen LogP contribution in [-0.2, 0) is 28.5 Å². The molecule has 11 heteroatoms. The number of halogens is 3. The molecule has 1 fully saturated rings. The minimum absolute atomic E-state index is 0.151. The van der Waals surface area contributed by atoms with E-state index in [2.05, 4.69) is 15.3 Å². The molecule has 1 unspecified atom stereocenters. The Morgan fingerprint density at radius 3 is 2.79 bits per heavy atom. The molecule has 6 nitrogen and oxygen atoms in total. The largest absolute Gasteiger partial charge is 0.416 e. The molecule has 1 N–H and O–H groups in total. The number of carbonyl (C=O) groups excluding carboxylic acids is 1. The number of hydrogen-bond acceptors (Lipinski definition) is 7. The second-order valence-corrected chi connectivity index (χ2v) is 10.7. The summed E-state index contributed by atoms with van der Waals surface area (Å²) in [5.74, 6) is -0.377. The van der Waals surface area contributed by atoms with Crippen molar-refractivity contribution in [2.24, 2.45) is 0 Å². The molecule has 0 radical (unpaired) electrons. The van der Waals surface area contributed by atoms with Crippen LogP contribution in [0.5, 0.6) is 0 Å². The molecule has 1 saturated heterocycles. The van der Waals surface area contributed by atoms with Gasteiger partial charge in [-0.05, 0) is 49.9 Å².